The molecule has 2 nitrogen and oxygen atoms in total. The first-order valence-corrected chi connectivity index (χ1v) is 5.24. The van der Waals surface area contributed by atoms with Gasteiger partial charge in [-0.1, -0.05) is 13.3 Å². The second-order valence-corrected chi connectivity index (χ2v) is 4.34. The highest BCUT2D eigenvalue weighted by atomic mass is 15.3. The molecule has 1 aromatic heterocycles. The molecule has 2 rings (SSSR count). The van der Waals surface area contributed by atoms with Crippen LogP contribution >= 0.6 is 0 Å². The van der Waals surface area contributed by atoms with Crippen LogP contribution in [-0.2, 0) is 6.54 Å². The minimum Gasteiger partial charge on any atom is -0.269 e. The van der Waals surface area contributed by atoms with Gasteiger partial charge in [0.05, 0.1) is 0 Å². The van der Waals surface area contributed by atoms with Crippen molar-refractivity contribution in [3.05, 3.63) is 18.0 Å². The summed E-state index contributed by atoms with van der Waals surface area (Å²) < 4.78 is 2.16. The van der Waals surface area contributed by atoms with Gasteiger partial charge in [-0.15, -0.1) is 0 Å². The summed E-state index contributed by atoms with van der Waals surface area (Å²) in [6.45, 7) is 5.56. The predicted octanol–water partition coefficient (Wildman–Crippen LogP) is 2.77. The van der Waals surface area contributed by atoms with E-state index in [1.165, 1.54) is 31.4 Å². The molecule has 1 aromatic rings. The third-order valence-corrected chi connectivity index (χ3v) is 3.58. The molecule has 0 bridgehead atoms. The molecule has 0 aliphatic heterocycles. The topological polar surface area (TPSA) is 17.8 Å². The lowest BCUT2D eigenvalue weighted by atomic mass is 9.67. The highest BCUT2D eigenvalue weighted by Gasteiger charge is 2.35. The Morgan fingerprint density at radius 1 is 1.54 bits per heavy atom. The lowest BCUT2D eigenvalue weighted by Crippen LogP contribution is -2.34. The van der Waals surface area contributed by atoms with Gasteiger partial charge in [-0.3, -0.25) is 4.68 Å². The van der Waals surface area contributed by atoms with E-state index in [1.54, 1.807) is 0 Å². The van der Waals surface area contributed by atoms with E-state index < -0.39 is 0 Å². The summed E-state index contributed by atoms with van der Waals surface area (Å²) >= 11 is 0. The number of aromatic nitrogens is 2. The molecule has 0 unspecified atom stereocenters. The average Bonchev–Trinajstić information content (AvgIpc) is 2.44. The summed E-state index contributed by atoms with van der Waals surface area (Å²) in [7, 11) is 0. The van der Waals surface area contributed by atoms with Crippen LogP contribution in [0.5, 0.6) is 0 Å². The van der Waals surface area contributed by atoms with Crippen LogP contribution in [0.25, 0.3) is 0 Å². The fourth-order valence-corrected chi connectivity index (χ4v) is 2.18. The van der Waals surface area contributed by atoms with E-state index >= 15 is 0 Å². The van der Waals surface area contributed by atoms with Crippen LogP contribution in [0.1, 0.15) is 38.3 Å². The lowest BCUT2D eigenvalue weighted by molar-refractivity contribution is 0.0940. The van der Waals surface area contributed by atoms with Crippen LogP contribution in [-0.4, -0.2) is 9.78 Å². The van der Waals surface area contributed by atoms with Gasteiger partial charge in [0.1, 0.15) is 0 Å². The normalized spacial score (nSPS) is 19.8. The standard InChI is InChI=1S/C11H18N2/c1-3-11(6-4-7-11)9-13-10(2)5-8-12-13/h5,8H,3-4,6-7,9H2,1-2H3. The van der Waals surface area contributed by atoms with Gasteiger partial charge in [-0.2, -0.15) is 5.10 Å². The van der Waals surface area contributed by atoms with Crippen molar-refractivity contribution in [2.75, 3.05) is 0 Å². The molecule has 13 heavy (non-hydrogen) atoms. The summed E-state index contributed by atoms with van der Waals surface area (Å²) in [5.74, 6) is 0. The molecule has 0 amide bonds. The Morgan fingerprint density at radius 2 is 2.31 bits per heavy atom. The average molecular weight is 178 g/mol. The fraction of sp³-hybridized carbons (Fsp3) is 0.727. The molecule has 1 saturated carbocycles. The molecule has 2 heteroatoms. The first-order chi connectivity index (χ1) is 6.26. The van der Waals surface area contributed by atoms with Gasteiger partial charge in [0.25, 0.3) is 0 Å². The molecule has 0 saturated heterocycles. The van der Waals surface area contributed by atoms with Crippen molar-refractivity contribution in [2.24, 2.45) is 5.41 Å². The molecule has 0 radical (unpaired) electrons. The minimum atomic E-state index is 0.580. The summed E-state index contributed by atoms with van der Waals surface area (Å²) in [6, 6.07) is 2.09. The number of hydrogen-bond donors (Lipinski definition) is 0. The molecule has 0 spiro atoms. The Kier molecular flexibility index (Phi) is 2.14. The Morgan fingerprint density at radius 3 is 2.69 bits per heavy atom. The third-order valence-electron chi connectivity index (χ3n) is 3.58. The smallest absolute Gasteiger partial charge is 0.0492 e. The first-order valence-electron chi connectivity index (χ1n) is 5.24. The first kappa shape index (κ1) is 8.79. The molecule has 72 valence electrons. The van der Waals surface area contributed by atoms with Crippen molar-refractivity contribution in [2.45, 2.75) is 46.1 Å². The summed E-state index contributed by atoms with van der Waals surface area (Å²) in [4.78, 5) is 0. The van der Waals surface area contributed by atoms with Gasteiger partial charge >= 0.3 is 0 Å². The maximum absolute atomic E-state index is 4.35. The molecule has 0 N–H and O–H groups in total. The zero-order chi connectivity index (χ0) is 9.31. The molecule has 0 atom stereocenters. The van der Waals surface area contributed by atoms with Gasteiger partial charge in [-0.25, -0.2) is 0 Å². The van der Waals surface area contributed by atoms with Gasteiger partial charge in [0.2, 0.25) is 0 Å². The van der Waals surface area contributed by atoms with Crippen LogP contribution in [0.4, 0.5) is 0 Å². The van der Waals surface area contributed by atoms with E-state index in [0.717, 1.165) is 6.54 Å². The van der Waals surface area contributed by atoms with Gasteiger partial charge in [-0.05, 0) is 37.7 Å². The van der Waals surface area contributed by atoms with E-state index in [2.05, 4.69) is 29.7 Å². The molecule has 1 aliphatic rings. The van der Waals surface area contributed by atoms with Crippen molar-refractivity contribution >= 4 is 0 Å². The van der Waals surface area contributed by atoms with E-state index in [0.29, 0.717) is 5.41 Å². The van der Waals surface area contributed by atoms with E-state index in [9.17, 15) is 0 Å². The Bertz CT molecular complexity index is 279. The summed E-state index contributed by atoms with van der Waals surface area (Å²) in [6.07, 6.45) is 7.39. The highest BCUT2D eigenvalue weighted by molar-refractivity contribution is 4.98. The van der Waals surface area contributed by atoms with Crippen LogP contribution in [0, 0.1) is 12.3 Å². The maximum atomic E-state index is 4.35. The van der Waals surface area contributed by atoms with Gasteiger partial charge in [0.15, 0.2) is 0 Å². The highest BCUT2D eigenvalue weighted by Crippen LogP contribution is 2.45. The van der Waals surface area contributed by atoms with Gasteiger partial charge < -0.3 is 0 Å². The monoisotopic (exact) mass is 178 g/mol. The van der Waals surface area contributed by atoms with Crippen molar-refractivity contribution < 1.29 is 0 Å². The number of hydrogen-bond acceptors (Lipinski definition) is 1. The van der Waals surface area contributed by atoms with E-state index in [-0.39, 0.29) is 0 Å². The number of rotatable bonds is 3. The second kappa shape index (κ2) is 3.17. The summed E-state index contributed by atoms with van der Waals surface area (Å²) in [5.41, 5.74) is 1.87. The van der Waals surface area contributed by atoms with Crippen molar-refractivity contribution in [1.82, 2.24) is 9.78 Å². The molecule has 0 aromatic carbocycles. The Balaban J connectivity index is 2.08. The molecular formula is C11H18N2. The number of nitrogens with zero attached hydrogens (tertiary/aromatic N) is 2. The predicted molar refractivity (Wildman–Crippen MR) is 53.5 cm³/mol. The Labute approximate surface area is 80.0 Å². The Hall–Kier alpha value is -0.790. The van der Waals surface area contributed by atoms with Crippen LogP contribution in [0.3, 0.4) is 0 Å². The molecule has 1 fully saturated rings. The zero-order valence-electron chi connectivity index (χ0n) is 8.58. The van der Waals surface area contributed by atoms with Crippen molar-refractivity contribution in [3.8, 4) is 0 Å². The quantitative estimate of drug-likeness (QED) is 0.696. The zero-order valence-corrected chi connectivity index (χ0v) is 8.58. The molecule has 1 aliphatic carbocycles. The van der Waals surface area contributed by atoms with Crippen LogP contribution in [0.2, 0.25) is 0 Å². The van der Waals surface area contributed by atoms with Crippen LogP contribution in [0.15, 0.2) is 12.3 Å². The number of aryl methyl sites for hydroxylation is 1. The third kappa shape index (κ3) is 1.50. The SMILES string of the molecule is CCC1(Cn2nccc2C)CCC1. The van der Waals surface area contributed by atoms with Crippen molar-refractivity contribution in [1.29, 1.82) is 0 Å². The summed E-state index contributed by atoms with van der Waals surface area (Å²) in [5, 5.41) is 4.35. The van der Waals surface area contributed by atoms with Crippen molar-refractivity contribution in [3.63, 3.8) is 0 Å². The molecule has 1 heterocycles. The molecular weight excluding hydrogens is 160 g/mol. The van der Waals surface area contributed by atoms with Crippen LogP contribution < -0.4 is 0 Å². The van der Waals surface area contributed by atoms with Gasteiger partial charge in [0, 0.05) is 18.4 Å². The second-order valence-electron chi connectivity index (χ2n) is 4.34. The maximum Gasteiger partial charge on any atom is 0.0492 e. The minimum absolute atomic E-state index is 0.580. The van der Waals surface area contributed by atoms with E-state index in [4.69, 9.17) is 0 Å². The largest absolute Gasteiger partial charge is 0.269 e. The van der Waals surface area contributed by atoms with E-state index in [1.807, 2.05) is 6.20 Å². The lowest BCUT2D eigenvalue weighted by Gasteiger charge is -2.41. The fourth-order valence-electron chi connectivity index (χ4n) is 2.18.